The fraction of sp³-hybridized carbons (Fsp3) is 0.727. The van der Waals surface area contributed by atoms with Gasteiger partial charge in [0, 0.05) is 0 Å². The zero-order valence-electron chi connectivity index (χ0n) is 16.3. The van der Waals surface area contributed by atoms with E-state index in [2.05, 4.69) is 6.92 Å². The average Bonchev–Trinajstić information content (AvgIpc) is 2.66. The van der Waals surface area contributed by atoms with Crippen molar-refractivity contribution in [1.82, 2.24) is 0 Å². The molecule has 2 aliphatic rings. The van der Waals surface area contributed by atoms with Crippen molar-refractivity contribution in [1.29, 1.82) is 0 Å². The summed E-state index contributed by atoms with van der Waals surface area (Å²) in [6.07, 6.45) is 13.5. The van der Waals surface area contributed by atoms with Crippen LogP contribution in [0.3, 0.4) is 0 Å². The monoisotopic (exact) mass is 379 g/mol. The Kier molecular flexibility index (Phi) is 6.83. The summed E-state index contributed by atoms with van der Waals surface area (Å²) in [7, 11) is 0. The summed E-state index contributed by atoms with van der Waals surface area (Å²) in [5.41, 5.74) is -0.454. The van der Waals surface area contributed by atoms with Crippen LogP contribution in [0.15, 0.2) is 12.1 Å². The molecule has 0 heterocycles. The summed E-state index contributed by atoms with van der Waals surface area (Å²) in [6, 6.07) is 2.34. The van der Waals surface area contributed by atoms with Gasteiger partial charge in [-0.2, -0.15) is 8.78 Å². The number of unbranched alkanes of at least 4 members (excludes halogenated alkanes) is 1. The van der Waals surface area contributed by atoms with Gasteiger partial charge in [0.1, 0.15) is 0 Å². The van der Waals surface area contributed by atoms with Crippen molar-refractivity contribution in [3.05, 3.63) is 39.4 Å². The summed E-state index contributed by atoms with van der Waals surface area (Å²) in [5.74, 6) is 0.482. The topological polar surface area (TPSA) is 43.1 Å². The number of rotatable bonds is 6. The highest BCUT2D eigenvalue weighted by Gasteiger charge is 2.32. The van der Waals surface area contributed by atoms with Gasteiger partial charge >= 0.3 is 5.69 Å². The van der Waals surface area contributed by atoms with Crippen molar-refractivity contribution in [2.75, 3.05) is 0 Å². The zero-order chi connectivity index (χ0) is 19.4. The van der Waals surface area contributed by atoms with Crippen LogP contribution in [-0.2, 0) is 0 Å². The summed E-state index contributed by atoms with van der Waals surface area (Å²) in [6.45, 7) is 2.26. The van der Waals surface area contributed by atoms with Crippen molar-refractivity contribution >= 4 is 5.69 Å². The number of nitro benzene ring substituents is 1. The molecule has 5 heteroatoms. The predicted molar refractivity (Wildman–Crippen MR) is 103 cm³/mol. The van der Waals surface area contributed by atoms with Gasteiger partial charge in [0.2, 0.25) is 11.6 Å². The van der Waals surface area contributed by atoms with E-state index in [4.69, 9.17) is 0 Å². The molecule has 0 spiro atoms. The van der Waals surface area contributed by atoms with Crippen molar-refractivity contribution in [3.63, 3.8) is 0 Å². The van der Waals surface area contributed by atoms with Crippen molar-refractivity contribution < 1.29 is 13.7 Å². The number of nitrogens with zero attached hydrogens (tertiary/aromatic N) is 1. The lowest BCUT2D eigenvalue weighted by atomic mass is 9.68. The molecule has 0 unspecified atom stereocenters. The lowest BCUT2D eigenvalue weighted by Crippen LogP contribution is -2.25. The zero-order valence-corrected chi connectivity index (χ0v) is 16.3. The van der Waals surface area contributed by atoms with Gasteiger partial charge < -0.3 is 0 Å². The molecule has 1 aromatic carbocycles. The number of hydrogen-bond donors (Lipinski definition) is 0. The molecule has 0 radical (unpaired) electrons. The Morgan fingerprint density at radius 3 is 1.96 bits per heavy atom. The Morgan fingerprint density at radius 1 is 0.963 bits per heavy atom. The number of benzene rings is 1. The van der Waals surface area contributed by atoms with E-state index in [1.54, 1.807) is 0 Å². The quantitative estimate of drug-likeness (QED) is 0.389. The number of nitro groups is 1. The standard InChI is InChI=1S/C22H31F2NO2/c1-2-3-4-15-5-7-16(8-6-15)17-9-11-18(12-10-17)19-13-20(23)22(25(26)27)21(24)14-19/h13-18H,2-12H2,1H3/t15-,16-,17?,18?. The molecule has 2 aliphatic carbocycles. The Balaban J connectivity index is 1.53. The van der Waals surface area contributed by atoms with Gasteiger partial charge in [-0.3, -0.25) is 10.1 Å². The molecule has 0 aliphatic heterocycles. The van der Waals surface area contributed by atoms with Gasteiger partial charge in [0.05, 0.1) is 4.92 Å². The van der Waals surface area contributed by atoms with Gasteiger partial charge in [-0.25, -0.2) is 0 Å². The van der Waals surface area contributed by atoms with E-state index in [1.165, 1.54) is 57.1 Å². The molecule has 0 aromatic heterocycles. The molecule has 1 aromatic rings. The second-order valence-corrected chi connectivity index (χ2v) is 8.63. The fourth-order valence-electron chi connectivity index (χ4n) is 5.36. The molecule has 3 nitrogen and oxygen atoms in total. The van der Waals surface area contributed by atoms with Crippen LogP contribution in [0.4, 0.5) is 14.5 Å². The molecule has 0 N–H and O–H groups in total. The maximum absolute atomic E-state index is 13.9. The average molecular weight is 379 g/mol. The smallest absolute Gasteiger partial charge is 0.258 e. The Hall–Kier alpha value is -1.52. The SMILES string of the molecule is CCCC[C@H]1CC[C@H](C2CCC(c3cc(F)c([N+](=O)[O-])c(F)c3)CC2)CC1. The van der Waals surface area contributed by atoms with Crippen LogP contribution in [-0.4, -0.2) is 4.92 Å². The molecular weight excluding hydrogens is 348 g/mol. The number of halogens is 2. The lowest BCUT2D eigenvalue weighted by Gasteiger charge is -2.38. The van der Waals surface area contributed by atoms with Gasteiger partial charge in [0.25, 0.3) is 0 Å². The van der Waals surface area contributed by atoms with Gasteiger partial charge in [-0.05, 0) is 79.9 Å². The van der Waals surface area contributed by atoms with Crippen LogP contribution < -0.4 is 0 Å². The van der Waals surface area contributed by atoms with E-state index in [9.17, 15) is 18.9 Å². The molecule has 27 heavy (non-hydrogen) atoms. The van der Waals surface area contributed by atoms with E-state index in [1.807, 2.05) is 0 Å². The van der Waals surface area contributed by atoms with Crippen LogP contribution in [0.25, 0.3) is 0 Å². The molecule has 0 bridgehead atoms. The predicted octanol–water partition coefficient (Wildman–Crippen LogP) is 7.14. The highest BCUT2D eigenvalue weighted by molar-refractivity contribution is 5.38. The third kappa shape index (κ3) is 4.85. The van der Waals surface area contributed by atoms with Crippen molar-refractivity contribution in [2.24, 2.45) is 17.8 Å². The van der Waals surface area contributed by atoms with E-state index >= 15 is 0 Å². The Morgan fingerprint density at radius 2 is 1.48 bits per heavy atom. The molecule has 2 saturated carbocycles. The van der Waals surface area contributed by atoms with E-state index in [-0.39, 0.29) is 5.92 Å². The highest BCUT2D eigenvalue weighted by atomic mass is 19.1. The second kappa shape index (κ2) is 9.11. The lowest BCUT2D eigenvalue weighted by molar-refractivity contribution is -0.390. The summed E-state index contributed by atoms with van der Waals surface area (Å²) in [5, 5.41) is 10.8. The third-order valence-electron chi connectivity index (χ3n) is 6.99. The van der Waals surface area contributed by atoms with E-state index in [0.717, 1.165) is 43.4 Å². The molecule has 0 saturated heterocycles. The molecule has 0 atom stereocenters. The number of hydrogen-bond acceptors (Lipinski definition) is 2. The second-order valence-electron chi connectivity index (χ2n) is 8.63. The van der Waals surface area contributed by atoms with Crippen LogP contribution in [0.1, 0.15) is 89.0 Å². The van der Waals surface area contributed by atoms with Crippen LogP contribution in [0.5, 0.6) is 0 Å². The first-order valence-corrected chi connectivity index (χ1v) is 10.6. The Labute approximate surface area is 160 Å². The van der Waals surface area contributed by atoms with Gasteiger partial charge in [-0.1, -0.05) is 39.0 Å². The molecule has 150 valence electrons. The molecule has 0 amide bonds. The molecular formula is C22H31F2NO2. The minimum absolute atomic E-state index is 0.118. The maximum atomic E-state index is 13.9. The van der Waals surface area contributed by atoms with Crippen molar-refractivity contribution in [3.8, 4) is 0 Å². The third-order valence-corrected chi connectivity index (χ3v) is 6.99. The largest absolute Gasteiger partial charge is 0.340 e. The van der Waals surface area contributed by atoms with Crippen LogP contribution in [0.2, 0.25) is 0 Å². The van der Waals surface area contributed by atoms with E-state index in [0.29, 0.717) is 5.56 Å². The van der Waals surface area contributed by atoms with Crippen molar-refractivity contribution in [2.45, 2.75) is 83.5 Å². The van der Waals surface area contributed by atoms with Gasteiger partial charge in [0.15, 0.2) is 0 Å². The molecule has 3 rings (SSSR count). The summed E-state index contributed by atoms with van der Waals surface area (Å²) in [4.78, 5) is 9.77. The minimum atomic E-state index is -1.05. The van der Waals surface area contributed by atoms with Gasteiger partial charge in [-0.15, -0.1) is 0 Å². The van der Waals surface area contributed by atoms with E-state index < -0.39 is 22.2 Å². The normalized spacial score (nSPS) is 28.9. The summed E-state index contributed by atoms with van der Waals surface area (Å²) >= 11 is 0. The first-order chi connectivity index (χ1) is 13.0. The highest BCUT2D eigenvalue weighted by Crippen LogP contribution is 2.45. The Bertz CT molecular complexity index is 625. The first kappa shape index (κ1) is 20.2. The minimum Gasteiger partial charge on any atom is -0.258 e. The van der Waals surface area contributed by atoms with Crippen LogP contribution >= 0.6 is 0 Å². The maximum Gasteiger partial charge on any atom is 0.340 e. The van der Waals surface area contributed by atoms with Crippen LogP contribution in [0, 0.1) is 39.5 Å². The molecule has 2 fully saturated rings. The fourth-order valence-corrected chi connectivity index (χ4v) is 5.36. The summed E-state index contributed by atoms with van der Waals surface area (Å²) < 4.78 is 27.9. The first-order valence-electron chi connectivity index (χ1n) is 10.6.